The first-order chi connectivity index (χ1) is 21.7. The second-order valence-electron chi connectivity index (χ2n) is 7.78. The van der Waals surface area contributed by atoms with Gasteiger partial charge in [-0.25, -0.2) is 0 Å². The largest absolute Gasteiger partial charge is 0.394 e. The summed E-state index contributed by atoms with van der Waals surface area (Å²) >= 11 is 0. The minimum atomic E-state index is -1.68. The Hall–Kier alpha value is -6.09. The zero-order valence-electron chi connectivity index (χ0n) is 24.1. The number of carbonyl (C=O) groups excluding carboxylic acids is 1. The molecule has 0 aliphatic heterocycles. The van der Waals surface area contributed by atoms with Crippen molar-refractivity contribution in [2.24, 2.45) is 0 Å². The fourth-order valence-electron chi connectivity index (χ4n) is 2.32. The van der Waals surface area contributed by atoms with Crippen molar-refractivity contribution < 1.29 is 40.2 Å². The van der Waals surface area contributed by atoms with Crippen LogP contribution in [-0.2, 0) is 9.53 Å². The van der Waals surface area contributed by atoms with Crippen LogP contribution >= 0.6 is 0 Å². The van der Waals surface area contributed by atoms with Crippen LogP contribution in [0.1, 0.15) is 13.8 Å². The first kappa shape index (κ1) is 38.9. The van der Waals surface area contributed by atoms with E-state index in [4.69, 9.17) is 9.84 Å². The van der Waals surface area contributed by atoms with Crippen LogP contribution in [0.2, 0.25) is 0 Å². The molecule has 0 aromatic rings. The standard InChI is InChI=1S/C36H25NO8/c1-3-4-5-6-7-8-9-10-11-12-13-14-15-16-17-18-19-20-21-22-23-24-25-26-34(42)37-31(35(43)30(2)39)28-45-29-33(41)36(44)32(40)27-38/h30-33,35-36,38-41,43-44H,27-29H2,1-2H3,(H,37,42)/t30-,31+,32-,33-,35-,36?/m1/s1. The Morgan fingerprint density at radius 2 is 0.956 bits per heavy atom. The third-order valence-electron chi connectivity index (χ3n) is 4.40. The summed E-state index contributed by atoms with van der Waals surface area (Å²) in [5, 5.41) is 59.6. The topological polar surface area (TPSA) is 160 Å². The van der Waals surface area contributed by atoms with E-state index in [1.54, 1.807) is 6.92 Å². The summed E-state index contributed by atoms with van der Waals surface area (Å²) in [5.74, 6) is 57.7. The lowest BCUT2D eigenvalue weighted by Gasteiger charge is -2.26. The lowest BCUT2D eigenvalue weighted by molar-refractivity contribution is -0.121. The van der Waals surface area contributed by atoms with Gasteiger partial charge in [0.1, 0.15) is 24.4 Å². The number of ether oxygens (including phenoxy) is 1. The monoisotopic (exact) mass is 599 g/mol. The van der Waals surface area contributed by atoms with E-state index in [1.165, 1.54) is 6.92 Å². The maximum atomic E-state index is 12.1. The molecule has 0 aliphatic rings. The van der Waals surface area contributed by atoms with E-state index < -0.39 is 55.7 Å². The van der Waals surface area contributed by atoms with Gasteiger partial charge in [0.15, 0.2) is 0 Å². The van der Waals surface area contributed by atoms with E-state index in [0.29, 0.717) is 0 Å². The van der Waals surface area contributed by atoms with E-state index in [-0.39, 0.29) is 6.61 Å². The highest BCUT2D eigenvalue weighted by Gasteiger charge is 2.27. The van der Waals surface area contributed by atoms with Gasteiger partial charge >= 0.3 is 0 Å². The zero-order valence-corrected chi connectivity index (χ0v) is 24.1. The molecule has 9 heteroatoms. The van der Waals surface area contributed by atoms with Crippen molar-refractivity contribution in [2.45, 2.75) is 50.4 Å². The quantitative estimate of drug-likeness (QED) is 0.127. The molecular weight excluding hydrogens is 574 g/mol. The van der Waals surface area contributed by atoms with Crippen LogP contribution in [-0.4, -0.2) is 92.9 Å². The molecule has 0 bridgehead atoms. The smallest absolute Gasteiger partial charge is 0.297 e. The molecule has 0 aromatic heterocycles. The molecule has 0 fully saturated rings. The summed E-state index contributed by atoms with van der Waals surface area (Å²) in [6.07, 6.45) is -7.53. The summed E-state index contributed by atoms with van der Waals surface area (Å²) in [5.41, 5.74) is 0. The van der Waals surface area contributed by atoms with Gasteiger partial charge in [0.05, 0.1) is 32.0 Å². The number of carbonyl (C=O) groups is 1. The van der Waals surface area contributed by atoms with Crippen LogP contribution in [0.3, 0.4) is 0 Å². The summed E-state index contributed by atoms with van der Waals surface area (Å²) in [4.78, 5) is 12.1. The third kappa shape index (κ3) is 22.2. The van der Waals surface area contributed by atoms with E-state index in [1.807, 2.05) is 0 Å². The SMILES string of the molecule is CC#CC#CC#CC#CC#CC#CC#CC#CC#CC#CC#CC#CC(=O)N[C@@H](COC[C@@H](O)C(O)[C@H](O)CO)[C@H](O)[C@@H](C)O. The summed E-state index contributed by atoms with van der Waals surface area (Å²) in [7, 11) is 0. The van der Waals surface area contributed by atoms with Gasteiger partial charge in [0.25, 0.3) is 5.91 Å². The molecule has 0 aliphatic carbocycles. The molecule has 7 N–H and O–H groups in total. The highest BCUT2D eigenvalue weighted by atomic mass is 16.5. The molecule has 9 nitrogen and oxygen atoms in total. The molecule has 6 atom stereocenters. The van der Waals surface area contributed by atoms with Gasteiger partial charge in [-0.15, -0.1) is 0 Å². The zero-order chi connectivity index (χ0) is 33.5. The molecule has 0 radical (unpaired) electrons. The molecule has 222 valence electrons. The maximum Gasteiger partial charge on any atom is 0.297 e. The number of nitrogens with one attached hydrogen (secondary N) is 1. The van der Waals surface area contributed by atoms with Crippen molar-refractivity contribution >= 4 is 5.91 Å². The van der Waals surface area contributed by atoms with Crippen LogP contribution in [0.4, 0.5) is 0 Å². The maximum absolute atomic E-state index is 12.1. The van der Waals surface area contributed by atoms with Crippen LogP contribution in [0, 0.1) is 142 Å². The fraction of sp³-hybridized carbons (Fsp3) is 0.306. The predicted octanol–water partition coefficient (Wildman–Crippen LogP) is -3.63. The van der Waals surface area contributed by atoms with E-state index >= 15 is 0 Å². The lowest BCUT2D eigenvalue weighted by Crippen LogP contribution is -2.51. The number of aliphatic hydroxyl groups excluding tert-OH is 6. The van der Waals surface area contributed by atoms with Gasteiger partial charge in [-0.2, -0.15) is 0 Å². The fourth-order valence-corrected chi connectivity index (χ4v) is 2.32. The van der Waals surface area contributed by atoms with E-state index in [9.17, 15) is 30.3 Å². The second kappa shape index (κ2) is 26.8. The van der Waals surface area contributed by atoms with Gasteiger partial charge in [0, 0.05) is 41.4 Å². The summed E-state index contributed by atoms with van der Waals surface area (Å²) in [6, 6.07) is -1.14. The Balaban J connectivity index is 4.83. The number of hydrogen-bond donors (Lipinski definition) is 7. The highest BCUT2D eigenvalue weighted by Crippen LogP contribution is 2.04. The van der Waals surface area contributed by atoms with Crippen molar-refractivity contribution in [3.05, 3.63) is 0 Å². The molecule has 1 amide bonds. The van der Waals surface area contributed by atoms with Crippen LogP contribution in [0.15, 0.2) is 0 Å². The number of hydrogen-bond acceptors (Lipinski definition) is 8. The van der Waals surface area contributed by atoms with E-state index in [0.717, 1.165) is 0 Å². The highest BCUT2D eigenvalue weighted by molar-refractivity contribution is 5.94. The Labute approximate surface area is 263 Å². The van der Waals surface area contributed by atoms with Crippen molar-refractivity contribution in [1.29, 1.82) is 0 Å². The number of amides is 1. The van der Waals surface area contributed by atoms with Crippen molar-refractivity contribution in [1.82, 2.24) is 5.32 Å². The lowest BCUT2D eigenvalue weighted by atomic mass is 10.1. The van der Waals surface area contributed by atoms with Crippen molar-refractivity contribution in [3.63, 3.8) is 0 Å². The Morgan fingerprint density at radius 3 is 1.31 bits per heavy atom. The average Bonchev–Trinajstić information content (AvgIpc) is 3.03. The first-order valence-electron chi connectivity index (χ1n) is 12.6. The number of rotatable bonds is 10. The minimum Gasteiger partial charge on any atom is -0.394 e. The summed E-state index contributed by atoms with van der Waals surface area (Å²) in [6.45, 7) is 1.29. The molecule has 0 saturated heterocycles. The molecule has 0 heterocycles. The molecule has 0 spiro atoms. The van der Waals surface area contributed by atoms with Gasteiger partial charge in [-0.1, -0.05) is 5.92 Å². The summed E-state index contributed by atoms with van der Waals surface area (Å²) < 4.78 is 5.16. The van der Waals surface area contributed by atoms with Gasteiger partial charge in [-0.3, -0.25) is 4.79 Å². The molecule has 1 unspecified atom stereocenters. The Morgan fingerprint density at radius 1 is 0.578 bits per heavy atom. The molecular formula is C36H25NO8. The number of aliphatic hydroxyl groups is 6. The average molecular weight is 600 g/mol. The molecule has 0 saturated carbocycles. The second-order valence-corrected chi connectivity index (χ2v) is 7.78. The van der Waals surface area contributed by atoms with Gasteiger partial charge < -0.3 is 40.7 Å². The van der Waals surface area contributed by atoms with E-state index in [2.05, 4.69) is 147 Å². The molecule has 0 aromatic carbocycles. The van der Waals surface area contributed by atoms with Crippen molar-refractivity contribution in [2.75, 3.05) is 19.8 Å². The predicted molar refractivity (Wildman–Crippen MR) is 165 cm³/mol. The normalized spacial score (nSPS) is 11.6. The van der Waals surface area contributed by atoms with Crippen LogP contribution in [0.5, 0.6) is 0 Å². The Kier molecular flexibility index (Phi) is 23.2. The molecule has 0 rings (SSSR count). The van der Waals surface area contributed by atoms with Gasteiger partial charge in [-0.05, 0) is 109 Å². The van der Waals surface area contributed by atoms with Crippen LogP contribution < -0.4 is 5.32 Å². The van der Waals surface area contributed by atoms with Crippen LogP contribution in [0.25, 0.3) is 0 Å². The van der Waals surface area contributed by atoms with Crippen molar-refractivity contribution in [3.8, 4) is 142 Å². The Bertz CT molecular complexity index is 1800. The minimum absolute atomic E-state index is 0.384. The molecule has 45 heavy (non-hydrogen) atoms. The third-order valence-corrected chi connectivity index (χ3v) is 4.40. The first-order valence-corrected chi connectivity index (χ1v) is 12.6. The van der Waals surface area contributed by atoms with Gasteiger partial charge in [0.2, 0.25) is 0 Å².